The van der Waals surface area contributed by atoms with Crippen molar-refractivity contribution in [3.8, 4) is 5.75 Å². The molecule has 0 spiro atoms. The minimum Gasteiger partial charge on any atom is -0.495 e. The van der Waals surface area contributed by atoms with Crippen molar-refractivity contribution >= 4 is 46.6 Å². The molecule has 8 heteroatoms. The van der Waals surface area contributed by atoms with E-state index in [1.54, 1.807) is 48.5 Å². The van der Waals surface area contributed by atoms with E-state index in [9.17, 15) is 9.59 Å². The lowest BCUT2D eigenvalue weighted by molar-refractivity contribution is -0.113. The van der Waals surface area contributed by atoms with E-state index >= 15 is 0 Å². The van der Waals surface area contributed by atoms with Crippen molar-refractivity contribution in [2.45, 2.75) is 4.90 Å². The second-order valence-electron chi connectivity index (χ2n) is 5.64. The number of ether oxygens (including phenoxy) is 1. The lowest BCUT2D eigenvalue weighted by atomic mass is 10.3. The van der Waals surface area contributed by atoms with Gasteiger partial charge in [-0.1, -0.05) is 17.7 Å². The third-order valence-corrected chi connectivity index (χ3v) is 4.87. The fourth-order valence-corrected chi connectivity index (χ4v) is 3.30. The monoisotopic (exact) mass is 416 g/mol. The summed E-state index contributed by atoms with van der Waals surface area (Å²) in [5, 5.41) is 6.05. The van der Waals surface area contributed by atoms with Gasteiger partial charge < -0.3 is 19.8 Å². The Morgan fingerprint density at radius 1 is 1.11 bits per heavy atom. The summed E-state index contributed by atoms with van der Waals surface area (Å²) < 4.78 is 10.3. The highest BCUT2D eigenvalue weighted by atomic mass is 35.5. The van der Waals surface area contributed by atoms with E-state index in [0.29, 0.717) is 22.1 Å². The maximum absolute atomic E-state index is 12.3. The molecule has 0 radical (unpaired) electrons. The molecule has 28 heavy (non-hydrogen) atoms. The Bertz CT molecular complexity index is 976. The molecule has 3 aromatic rings. The second-order valence-corrected chi connectivity index (χ2v) is 7.13. The molecule has 0 saturated heterocycles. The predicted molar refractivity (Wildman–Crippen MR) is 110 cm³/mol. The standard InChI is InChI=1S/C20H17ClN2O4S/c1-26-17-8-7-13(21)10-16(17)23-19(24)12-28-15-5-2-4-14(11-15)22-20(25)18-6-3-9-27-18/h2-11H,12H2,1H3,(H,22,25)(H,23,24). The Balaban J connectivity index is 1.58. The minimum absolute atomic E-state index is 0.186. The van der Waals surface area contributed by atoms with Crippen LogP contribution < -0.4 is 15.4 Å². The number of nitrogens with one attached hydrogen (secondary N) is 2. The maximum Gasteiger partial charge on any atom is 0.291 e. The van der Waals surface area contributed by atoms with Crippen LogP contribution in [0.5, 0.6) is 5.75 Å². The summed E-state index contributed by atoms with van der Waals surface area (Å²) in [6.07, 6.45) is 1.44. The van der Waals surface area contributed by atoms with Crippen molar-refractivity contribution in [2.75, 3.05) is 23.5 Å². The van der Waals surface area contributed by atoms with Gasteiger partial charge in [0.05, 0.1) is 24.8 Å². The van der Waals surface area contributed by atoms with Gasteiger partial charge in [0, 0.05) is 15.6 Å². The molecule has 6 nitrogen and oxygen atoms in total. The van der Waals surface area contributed by atoms with E-state index in [-0.39, 0.29) is 23.3 Å². The molecule has 2 N–H and O–H groups in total. The first kappa shape index (κ1) is 19.9. The zero-order valence-corrected chi connectivity index (χ0v) is 16.5. The largest absolute Gasteiger partial charge is 0.495 e. The lowest BCUT2D eigenvalue weighted by Crippen LogP contribution is -2.14. The average Bonchev–Trinajstić information content (AvgIpc) is 3.22. The van der Waals surface area contributed by atoms with Crippen molar-refractivity contribution in [2.24, 2.45) is 0 Å². The van der Waals surface area contributed by atoms with Gasteiger partial charge in [-0.05, 0) is 48.5 Å². The Hall–Kier alpha value is -2.90. The first-order chi connectivity index (χ1) is 13.5. The molecule has 0 saturated carbocycles. The number of benzene rings is 2. The highest BCUT2D eigenvalue weighted by Crippen LogP contribution is 2.28. The number of carbonyl (C=O) groups is 2. The average molecular weight is 417 g/mol. The number of anilines is 2. The topological polar surface area (TPSA) is 80.6 Å². The van der Waals surface area contributed by atoms with Gasteiger partial charge in [0.2, 0.25) is 5.91 Å². The van der Waals surface area contributed by atoms with Gasteiger partial charge in [0.1, 0.15) is 5.75 Å². The smallest absolute Gasteiger partial charge is 0.291 e. The molecule has 144 valence electrons. The molecular formula is C20H17ClN2O4S. The van der Waals surface area contributed by atoms with E-state index in [0.717, 1.165) is 4.90 Å². The molecule has 0 bridgehead atoms. The lowest BCUT2D eigenvalue weighted by Gasteiger charge is -2.11. The van der Waals surface area contributed by atoms with E-state index in [2.05, 4.69) is 10.6 Å². The summed E-state index contributed by atoms with van der Waals surface area (Å²) in [5.74, 6) is 0.414. The first-order valence-corrected chi connectivity index (χ1v) is 9.62. The molecule has 0 atom stereocenters. The predicted octanol–water partition coefficient (Wildman–Crippen LogP) is 4.92. The van der Waals surface area contributed by atoms with Gasteiger partial charge in [-0.3, -0.25) is 9.59 Å². The van der Waals surface area contributed by atoms with Crippen LogP contribution in [-0.4, -0.2) is 24.7 Å². The Morgan fingerprint density at radius 3 is 2.71 bits per heavy atom. The van der Waals surface area contributed by atoms with E-state index in [1.165, 1.54) is 25.1 Å². The van der Waals surface area contributed by atoms with E-state index in [4.69, 9.17) is 20.8 Å². The summed E-state index contributed by atoms with van der Waals surface area (Å²) in [6.45, 7) is 0. The van der Waals surface area contributed by atoms with Crippen LogP contribution in [0.1, 0.15) is 10.6 Å². The third-order valence-electron chi connectivity index (χ3n) is 3.64. The normalized spacial score (nSPS) is 10.4. The van der Waals surface area contributed by atoms with Gasteiger partial charge >= 0.3 is 0 Å². The molecule has 0 aliphatic rings. The highest BCUT2D eigenvalue weighted by Gasteiger charge is 2.11. The van der Waals surface area contributed by atoms with E-state index in [1.807, 2.05) is 6.07 Å². The van der Waals surface area contributed by atoms with Gasteiger partial charge in [-0.25, -0.2) is 0 Å². The number of amides is 2. The van der Waals surface area contributed by atoms with Crippen LogP contribution in [0.15, 0.2) is 70.2 Å². The molecule has 0 aliphatic carbocycles. The molecule has 0 aliphatic heterocycles. The molecule has 0 fully saturated rings. The van der Waals surface area contributed by atoms with E-state index < -0.39 is 0 Å². The number of rotatable bonds is 7. The van der Waals surface area contributed by atoms with Crippen molar-refractivity contribution in [1.29, 1.82) is 0 Å². The maximum atomic E-state index is 12.3. The Labute approximate surface area is 171 Å². The number of hydrogen-bond acceptors (Lipinski definition) is 5. The van der Waals surface area contributed by atoms with Crippen LogP contribution in [0.2, 0.25) is 5.02 Å². The molecule has 2 amide bonds. The summed E-state index contributed by atoms with van der Waals surface area (Å²) in [7, 11) is 1.52. The fourth-order valence-electron chi connectivity index (χ4n) is 2.38. The van der Waals surface area contributed by atoms with Crippen LogP contribution in [0, 0.1) is 0 Å². The zero-order valence-electron chi connectivity index (χ0n) is 14.9. The number of thioether (sulfide) groups is 1. The summed E-state index contributed by atoms with van der Waals surface area (Å²) >= 11 is 7.32. The van der Waals surface area contributed by atoms with Gasteiger partial charge in [-0.2, -0.15) is 0 Å². The molecule has 2 aromatic carbocycles. The Kier molecular flexibility index (Phi) is 6.62. The van der Waals surface area contributed by atoms with Crippen molar-refractivity contribution in [3.05, 3.63) is 71.6 Å². The fraction of sp³-hybridized carbons (Fsp3) is 0.100. The number of halogens is 1. The first-order valence-electron chi connectivity index (χ1n) is 8.26. The summed E-state index contributed by atoms with van der Waals surface area (Å²) in [4.78, 5) is 25.2. The number of hydrogen-bond donors (Lipinski definition) is 2. The minimum atomic E-state index is -0.335. The SMILES string of the molecule is COc1ccc(Cl)cc1NC(=O)CSc1cccc(NC(=O)c2ccco2)c1. The molecule has 3 rings (SSSR count). The third kappa shape index (κ3) is 5.31. The van der Waals surface area contributed by atoms with Gasteiger partial charge in [0.25, 0.3) is 5.91 Å². The Morgan fingerprint density at radius 2 is 1.96 bits per heavy atom. The van der Waals surface area contributed by atoms with Crippen LogP contribution in [0.3, 0.4) is 0 Å². The van der Waals surface area contributed by atoms with Crippen LogP contribution >= 0.6 is 23.4 Å². The number of carbonyl (C=O) groups excluding carboxylic acids is 2. The van der Waals surface area contributed by atoms with Crippen molar-refractivity contribution in [3.63, 3.8) is 0 Å². The zero-order chi connectivity index (χ0) is 19.9. The highest BCUT2D eigenvalue weighted by molar-refractivity contribution is 8.00. The molecule has 0 unspecified atom stereocenters. The molecule has 1 aromatic heterocycles. The second kappa shape index (κ2) is 9.34. The number of methoxy groups -OCH3 is 1. The molecular weight excluding hydrogens is 400 g/mol. The van der Waals surface area contributed by atoms with Crippen molar-refractivity contribution in [1.82, 2.24) is 0 Å². The summed E-state index contributed by atoms with van der Waals surface area (Å²) in [6, 6.07) is 15.5. The van der Waals surface area contributed by atoms with Crippen molar-refractivity contribution < 1.29 is 18.7 Å². The number of furan rings is 1. The van der Waals surface area contributed by atoms with Crippen LogP contribution in [-0.2, 0) is 4.79 Å². The van der Waals surface area contributed by atoms with Crippen LogP contribution in [0.25, 0.3) is 0 Å². The molecule has 1 heterocycles. The van der Waals surface area contributed by atoms with Crippen LogP contribution in [0.4, 0.5) is 11.4 Å². The van der Waals surface area contributed by atoms with Gasteiger partial charge in [-0.15, -0.1) is 11.8 Å². The quantitative estimate of drug-likeness (QED) is 0.534. The summed E-state index contributed by atoms with van der Waals surface area (Å²) in [5.41, 5.74) is 1.13. The van der Waals surface area contributed by atoms with Gasteiger partial charge in [0.15, 0.2) is 5.76 Å².